The lowest BCUT2D eigenvalue weighted by atomic mass is 10.1. The van der Waals surface area contributed by atoms with E-state index in [9.17, 15) is 9.18 Å². The molecule has 0 aromatic carbocycles. The van der Waals surface area contributed by atoms with Crippen molar-refractivity contribution in [2.75, 3.05) is 18.4 Å². The van der Waals surface area contributed by atoms with Crippen molar-refractivity contribution in [1.29, 1.82) is 0 Å². The van der Waals surface area contributed by atoms with E-state index < -0.39 is 5.82 Å². The van der Waals surface area contributed by atoms with Gasteiger partial charge >= 0.3 is 0 Å². The molecule has 1 saturated heterocycles. The van der Waals surface area contributed by atoms with Crippen LogP contribution in [0.5, 0.6) is 0 Å². The van der Waals surface area contributed by atoms with E-state index in [4.69, 9.17) is 4.98 Å². The Kier molecular flexibility index (Phi) is 7.31. The van der Waals surface area contributed by atoms with Crippen LogP contribution >= 0.6 is 22.9 Å². The van der Waals surface area contributed by atoms with Crippen LogP contribution in [0.15, 0.2) is 48.4 Å². The van der Waals surface area contributed by atoms with Gasteiger partial charge < -0.3 is 10.6 Å². The second-order valence-corrected chi connectivity index (χ2v) is 11.3. The Morgan fingerprint density at radius 1 is 1.18 bits per heavy atom. The molecule has 0 atom stereocenters. The number of likely N-dealkylation sites (tertiary alicyclic amines) is 1. The molecular formula is C27H27FN8OS2. The zero-order valence-corrected chi connectivity index (χ0v) is 23.0. The second-order valence-electron chi connectivity index (χ2n) is 9.56. The predicted octanol–water partition coefficient (Wildman–Crippen LogP) is 5.42. The number of aryl methyl sites for hydroxylation is 1. The molecule has 0 unspecified atom stereocenters. The lowest BCUT2D eigenvalue weighted by Gasteiger charge is -2.25. The number of pyridine rings is 1. The molecule has 6 heterocycles. The van der Waals surface area contributed by atoms with Gasteiger partial charge in [-0.15, -0.1) is 11.3 Å². The van der Waals surface area contributed by atoms with Gasteiger partial charge in [0.05, 0.1) is 34.4 Å². The third-order valence-electron chi connectivity index (χ3n) is 6.66. The molecule has 39 heavy (non-hydrogen) atoms. The molecule has 1 aliphatic rings. The summed E-state index contributed by atoms with van der Waals surface area (Å²) in [5, 5.41) is 9.04. The Labute approximate surface area is 232 Å². The van der Waals surface area contributed by atoms with Crippen LogP contribution in [0.25, 0.3) is 16.9 Å². The summed E-state index contributed by atoms with van der Waals surface area (Å²) in [6, 6.07) is 5.47. The van der Waals surface area contributed by atoms with Crippen molar-refractivity contribution >= 4 is 45.2 Å². The first-order valence-corrected chi connectivity index (χ1v) is 14.4. The van der Waals surface area contributed by atoms with Crippen LogP contribution in [0.1, 0.15) is 45.9 Å². The number of carbonyl (C=O) groups excluding carboxylic acids is 1. The van der Waals surface area contributed by atoms with Gasteiger partial charge in [-0.3, -0.25) is 19.1 Å². The highest BCUT2D eigenvalue weighted by molar-refractivity contribution is 7.12. The highest BCUT2D eigenvalue weighted by Crippen LogP contribution is 2.30. The molecule has 5 aromatic heterocycles. The van der Waals surface area contributed by atoms with E-state index in [2.05, 4.69) is 35.9 Å². The molecule has 1 fully saturated rings. The van der Waals surface area contributed by atoms with Crippen molar-refractivity contribution in [3.63, 3.8) is 0 Å². The molecule has 2 N–H and O–H groups in total. The third kappa shape index (κ3) is 5.68. The van der Waals surface area contributed by atoms with Crippen molar-refractivity contribution in [1.82, 2.24) is 33.9 Å². The average Bonchev–Trinajstić information content (AvgIpc) is 3.69. The molecule has 5 aromatic rings. The fraction of sp³-hybridized carbons (Fsp3) is 0.296. The number of nitrogens with one attached hydrogen (secondary N) is 2. The lowest BCUT2D eigenvalue weighted by Crippen LogP contribution is -2.29. The van der Waals surface area contributed by atoms with Gasteiger partial charge in [0.25, 0.3) is 5.91 Å². The Hall–Kier alpha value is -3.74. The van der Waals surface area contributed by atoms with Crippen molar-refractivity contribution in [3.05, 3.63) is 76.0 Å². The predicted molar refractivity (Wildman–Crippen MR) is 151 cm³/mol. The number of piperidine rings is 1. The quantitative estimate of drug-likeness (QED) is 0.261. The Morgan fingerprint density at radius 2 is 2.05 bits per heavy atom. The SMILES string of the molecule is Cc1cn2c(-c3csc(C(=O)NCc4ccncc4F)c3)cnc2c(Nc2cc(CN3CCCCC3)ns2)n1. The Bertz CT molecular complexity index is 1620. The summed E-state index contributed by atoms with van der Waals surface area (Å²) in [5.74, 6) is -0.0515. The maximum Gasteiger partial charge on any atom is 0.261 e. The molecule has 1 amide bonds. The molecule has 6 rings (SSSR count). The summed E-state index contributed by atoms with van der Waals surface area (Å²) in [7, 11) is 0. The minimum absolute atomic E-state index is 0.0905. The van der Waals surface area contributed by atoms with E-state index in [1.54, 1.807) is 12.3 Å². The number of amides is 1. The smallest absolute Gasteiger partial charge is 0.261 e. The minimum atomic E-state index is -0.444. The summed E-state index contributed by atoms with van der Waals surface area (Å²) in [5.41, 5.74) is 4.68. The summed E-state index contributed by atoms with van der Waals surface area (Å²) < 4.78 is 20.5. The van der Waals surface area contributed by atoms with Crippen molar-refractivity contribution in [3.8, 4) is 11.3 Å². The number of halogens is 1. The van der Waals surface area contributed by atoms with Gasteiger partial charge in [-0.2, -0.15) is 4.37 Å². The van der Waals surface area contributed by atoms with Gasteiger partial charge in [-0.1, -0.05) is 6.42 Å². The molecule has 12 heteroatoms. The van der Waals surface area contributed by atoms with E-state index in [1.165, 1.54) is 48.3 Å². The standard InChI is InChI=1S/C27H27FN8OS2/c1-17-14-36-22(19-9-23(38-16-19)27(37)31-11-18-5-6-29-12-21(18)28)13-30-26(36)25(32-17)33-24-10-20(34-39-24)15-35-7-3-2-4-8-35/h5-6,9-10,12-14,16H,2-4,7-8,11,15H2,1H3,(H,31,37)(H,32,33). The van der Waals surface area contributed by atoms with Gasteiger partial charge in [-0.05, 0) is 62.6 Å². The normalized spacial score (nSPS) is 14.1. The topological polar surface area (TPSA) is 100 Å². The van der Waals surface area contributed by atoms with E-state index >= 15 is 0 Å². The van der Waals surface area contributed by atoms with E-state index in [0.717, 1.165) is 53.5 Å². The van der Waals surface area contributed by atoms with Gasteiger partial charge in [-0.25, -0.2) is 14.4 Å². The van der Waals surface area contributed by atoms with E-state index in [1.807, 2.05) is 29.0 Å². The maximum absolute atomic E-state index is 13.8. The second kappa shape index (κ2) is 11.2. The molecule has 0 aliphatic carbocycles. The fourth-order valence-corrected chi connectivity index (χ4v) is 6.19. The largest absolute Gasteiger partial charge is 0.347 e. The summed E-state index contributed by atoms with van der Waals surface area (Å²) >= 11 is 2.76. The van der Waals surface area contributed by atoms with Gasteiger partial charge in [0.1, 0.15) is 10.8 Å². The molecule has 9 nitrogen and oxygen atoms in total. The molecule has 0 radical (unpaired) electrons. The van der Waals surface area contributed by atoms with Crippen LogP contribution in [-0.2, 0) is 13.1 Å². The van der Waals surface area contributed by atoms with Crippen LogP contribution in [0.3, 0.4) is 0 Å². The first kappa shape index (κ1) is 25.5. The van der Waals surface area contributed by atoms with Crippen molar-refractivity contribution in [2.24, 2.45) is 0 Å². The Balaban J connectivity index is 1.19. The van der Waals surface area contributed by atoms with Crippen LogP contribution in [0.4, 0.5) is 15.2 Å². The molecule has 0 saturated carbocycles. The fourth-order valence-electron chi connectivity index (χ4n) is 4.71. The number of imidazole rings is 1. The van der Waals surface area contributed by atoms with Gasteiger partial charge in [0.2, 0.25) is 0 Å². The van der Waals surface area contributed by atoms with Crippen LogP contribution in [0, 0.1) is 12.7 Å². The average molecular weight is 563 g/mol. The summed E-state index contributed by atoms with van der Waals surface area (Å²) in [4.78, 5) is 28.8. The van der Waals surface area contributed by atoms with E-state index in [0.29, 0.717) is 21.9 Å². The lowest BCUT2D eigenvalue weighted by molar-refractivity contribution is 0.0954. The van der Waals surface area contributed by atoms with Gasteiger partial charge in [0.15, 0.2) is 11.5 Å². The zero-order chi connectivity index (χ0) is 26.8. The number of hydrogen-bond acceptors (Lipinski definition) is 9. The summed E-state index contributed by atoms with van der Waals surface area (Å²) in [6.45, 7) is 5.16. The number of thiophene rings is 1. The third-order valence-corrected chi connectivity index (χ3v) is 8.33. The number of fused-ring (bicyclic) bond motifs is 1. The van der Waals surface area contributed by atoms with E-state index in [-0.39, 0.29) is 12.5 Å². The first-order valence-electron chi connectivity index (χ1n) is 12.8. The summed E-state index contributed by atoms with van der Waals surface area (Å²) in [6.07, 6.45) is 10.2. The molecule has 0 bridgehead atoms. The van der Waals surface area contributed by atoms with Gasteiger partial charge in [0, 0.05) is 42.0 Å². The van der Waals surface area contributed by atoms with Crippen molar-refractivity contribution < 1.29 is 9.18 Å². The number of nitrogens with zero attached hydrogens (tertiary/aromatic N) is 6. The molecular weight excluding hydrogens is 535 g/mol. The van der Waals surface area contributed by atoms with Crippen LogP contribution in [-0.4, -0.2) is 47.6 Å². The van der Waals surface area contributed by atoms with Crippen molar-refractivity contribution in [2.45, 2.75) is 39.3 Å². The number of carbonyl (C=O) groups is 1. The Morgan fingerprint density at radius 3 is 2.90 bits per heavy atom. The maximum atomic E-state index is 13.8. The zero-order valence-electron chi connectivity index (χ0n) is 21.4. The van der Waals surface area contributed by atoms with Crippen LogP contribution < -0.4 is 10.6 Å². The highest BCUT2D eigenvalue weighted by atomic mass is 32.1. The molecule has 1 aliphatic heterocycles. The number of aromatic nitrogens is 5. The highest BCUT2D eigenvalue weighted by Gasteiger charge is 2.17. The molecule has 0 spiro atoms. The van der Waals surface area contributed by atoms with Crippen LogP contribution in [0.2, 0.25) is 0 Å². The first-order chi connectivity index (χ1) is 19.0. The monoisotopic (exact) mass is 562 g/mol. The number of anilines is 2. The minimum Gasteiger partial charge on any atom is -0.347 e. The molecule has 200 valence electrons. The number of rotatable bonds is 8. The number of hydrogen-bond donors (Lipinski definition) is 2.